The third-order valence-corrected chi connectivity index (χ3v) is 5.54. The molecule has 6 nitrogen and oxygen atoms in total. The summed E-state index contributed by atoms with van der Waals surface area (Å²) >= 11 is 5.97. The molecule has 1 heterocycles. The highest BCUT2D eigenvalue weighted by Gasteiger charge is 2.28. The number of oxime groups is 1. The maximum absolute atomic E-state index is 14.3. The fourth-order valence-electron chi connectivity index (χ4n) is 3.58. The number of hydrogen-bond donors (Lipinski definition) is 1. The summed E-state index contributed by atoms with van der Waals surface area (Å²) in [6.07, 6.45) is 0.142. The SMILES string of the molecule is COc1ccccc1NC(=O)N(Cc1ccccc1F)C[C@H]1CC(c2ccc(Cl)cc2)=NO1. The Morgan fingerprint density at radius 1 is 1.15 bits per heavy atom. The van der Waals surface area contributed by atoms with E-state index in [0.29, 0.717) is 28.4 Å². The number of methoxy groups -OCH3 is 1. The Hall–Kier alpha value is -3.58. The number of nitrogens with zero attached hydrogens (tertiary/aromatic N) is 2. The van der Waals surface area contributed by atoms with Crippen LogP contribution in [0.5, 0.6) is 5.75 Å². The molecule has 0 unspecified atom stereocenters. The van der Waals surface area contributed by atoms with Gasteiger partial charge in [-0.2, -0.15) is 0 Å². The predicted molar refractivity (Wildman–Crippen MR) is 126 cm³/mol. The maximum Gasteiger partial charge on any atom is 0.322 e. The maximum atomic E-state index is 14.3. The minimum atomic E-state index is -0.397. The van der Waals surface area contributed by atoms with Crippen molar-refractivity contribution in [3.8, 4) is 5.75 Å². The molecule has 170 valence electrons. The van der Waals surface area contributed by atoms with Gasteiger partial charge in [0.2, 0.25) is 0 Å². The quantitative estimate of drug-likeness (QED) is 0.483. The predicted octanol–water partition coefficient (Wildman–Crippen LogP) is 5.72. The first-order valence-corrected chi connectivity index (χ1v) is 10.8. The molecule has 8 heteroatoms. The third kappa shape index (κ3) is 5.62. The zero-order chi connectivity index (χ0) is 23.2. The minimum Gasteiger partial charge on any atom is -0.495 e. The summed E-state index contributed by atoms with van der Waals surface area (Å²) in [5, 5.41) is 7.68. The largest absolute Gasteiger partial charge is 0.495 e. The summed E-state index contributed by atoms with van der Waals surface area (Å²) in [5.74, 6) is 0.153. The molecule has 0 bridgehead atoms. The van der Waals surface area contributed by atoms with Crippen molar-refractivity contribution in [2.45, 2.75) is 19.1 Å². The first-order valence-electron chi connectivity index (χ1n) is 10.4. The number of hydrogen-bond acceptors (Lipinski definition) is 4. The number of nitrogens with one attached hydrogen (secondary N) is 1. The fraction of sp³-hybridized carbons (Fsp3) is 0.200. The van der Waals surface area contributed by atoms with Crippen molar-refractivity contribution in [2.24, 2.45) is 5.16 Å². The van der Waals surface area contributed by atoms with Crippen LogP contribution in [0.25, 0.3) is 0 Å². The normalized spacial score (nSPS) is 14.9. The number of rotatable bonds is 7. The molecule has 0 saturated carbocycles. The highest BCUT2D eigenvalue weighted by Crippen LogP contribution is 2.25. The van der Waals surface area contributed by atoms with Gasteiger partial charge in [-0.15, -0.1) is 0 Å². The van der Waals surface area contributed by atoms with Crippen LogP contribution in [-0.2, 0) is 11.4 Å². The van der Waals surface area contributed by atoms with E-state index in [4.69, 9.17) is 21.2 Å². The van der Waals surface area contributed by atoms with E-state index in [9.17, 15) is 9.18 Å². The molecule has 1 N–H and O–H groups in total. The van der Waals surface area contributed by atoms with E-state index in [-0.39, 0.29) is 25.0 Å². The van der Waals surface area contributed by atoms with E-state index >= 15 is 0 Å². The Morgan fingerprint density at radius 2 is 1.88 bits per heavy atom. The lowest BCUT2D eigenvalue weighted by molar-refractivity contribution is 0.0606. The van der Waals surface area contributed by atoms with Crippen LogP contribution in [-0.4, -0.2) is 36.4 Å². The number of urea groups is 1. The van der Waals surface area contributed by atoms with E-state index in [2.05, 4.69) is 10.5 Å². The van der Waals surface area contributed by atoms with Crippen LogP contribution in [0.1, 0.15) is 17.5 Å². The summed E-state index contributed by atoms with van der Waals surface area (Å²) < 4.78 is 19.7. The van der Waals surface area contributed by atoms with Crippen molar-refractivity contribution in [1.29, 1.82) is 0 Å². The van der Waals surface area contributed by atoms with Crippen LogP contribution < -0.4 is 10.1 Å². The zero-order valence-electron chi connectivity index (χ0n) is 18.0. The number of para-hydroxylation sites is 2. The van der Waals surface area contributed by atoms with Gasteiger partial charge in [0.1, 0.15) is 11.6 Å². The second kappa shape index (κ2) is 10.4. The molecule has 0 aromatic heterocycles. The van der Waals surface area contributed by atoms with Gasteiger partial charge < -0.3 is 19.8 Å². The number of carbonyl (C=O) groups is 1. The molecule has 0 saturated heterocycles. The number of carbonyl (C=O) groups excluding carboxylic acids is 1. The van der Waals surface area contributed by atoms with Crippen LogP contribution in [0.2, 0.25) is 5.02 Å². The average Bonchev–Trinajstić information content (AvgIpc) is 3.29. The number of amides is 2. The molecule has 1 atom stereocenters. The van der Waals surface area contributed by atoms with Crippen molar-refractivity contribution in [3.63, 3.8) is 0 Å². The molecule has 33 heavy (non-hydrogen) atoms. The Balaban J connectivity index is 1.50. The molecule has 1 aliphatic rings. The Bertz CT molecular complexity index is 1150. The zero-order valence-corrected chi connectivity index (χ0v) is 18.8. The van der Waals surface area contributed by atoms with E-state index in [1.54, 1.807) is 48.5 Å². The summed E-state index contributed by atoms with van der Waals surface area (Å²) in [5.41, 5.74) is 2.60. The molecule has 3 aromatic rings. The molecule has 0 aliphatic carbocycles. The molecule has 0 fully saturated rings. The van der Waals surface area contributed by atoms with Gasteiger partial charge in [-0.3, -0.25) is 0 Å². The van der Waals surface area contributed by atoms with Crippen LogP contribution in [0, 0.1) is 5.82 Å². The van der Waals surface area contributed by atoms with Crippen molar-refractivity contribution < 1.29 is 18.8 Å². The lowest BCUT2D eigenvalue weighted by atomic mass is 10.0. The van der Waals surface area contributed by atoms with Gasteiger partial charge in [0.15, 0.2) is 6.10 Å². The first kappa shape index (κ1) is 22.6. The first-order chi connectivity index (χ1) is 16.0. The van der Waals surface area contributed by atoms with E-state index in [1.165, 1.54) is 18.1 Å². The Kier molecular flexibility index (Phi) is 7.10. The van der Waals surface area contributed by atoms with Gasteiger partial charge in [-0.1, -0.05) is 59.2 Å². The molecule has 1 aliphatic heterocycles. The van der Waals surface area contributed by atoms with Gasteiger partial charge in [-0.25, -0.2) is 9.18 Å². The number of ether oxygens (including phenoxy) is 1. The highest BCUT2D eigenvalue weighted by molar-refractivity contribution is 6.30. The van der Waals surface area contributed by atoms with Crippen molar-refractivity contribution in [1.82, 2.24) is 4.90 Å². The van der Waals surface area contributed by atoms with Crippen molar-refractivity contribution in [2.75, 3.05) is 19.0 Å². The standard InChI is InChI=1S/C25H23ClFN3O3/c1-32-24-9-5-4-8-22(24)28-25(31)30(15-18-6-2-3-7-21(18)27)16-20-14-23(29-33-20)17-10-12-19(26)13-11-17/h2-13,20H,14-16H2,1H3,(H,28,31)/t20-/m1/s1. The Morgan fingerprint density at radius 3 is 2.64 bits per heavy atom. The number of anilines is 1. The van der Waals surface area contributed by atoms with Crippen molar-refractivity contribution in [3.05, 3.63) is 94.8 Å². The average molecular weight is 468 g/mol. The van der Waals surface area contributed by atoms with Gasteiger partial charge in [0.25, 0.3) is 0 Å². The number of benzene rings is 3. The van der Waals surface area contributed by atoms with Gasteiger partial charge in [-0.05, 0) is 35.9 Å². The summed E-state index contributed by atoms with van der Waals surface area (Å²) in [6.45, 7) is 0.291. The molecule has 0 spiro atoms. The van der Waals surface area contributed by atoms with Crippen LogP contribution in [0.4, 0.5) is 14.9 Å². The molecule has 4 rings (SSSR count). The van der Waals surface area contributed by atoms with E-state index < -0.39 is 6.03 Å². The highest BCUT2D eigenvalue weighted by atomic mass is 35.5. The van der Waals surface area contributed by atoms with Gasteiger partial charge in [0.05, 0.1) is 31.6 Å². The fourth-order valence-corrected chi connectivity index (χ4v) is 3.70. The van der Waals surface area contributed by atoms with Gasteiger partial charge in [0, 0.05) is 17.0 Å². The smallest absolute Gasteiger partial charge is 0.322 e. The molecule has 2 amide bonds. The second-order valence-corrected chi connectivity index (χ2v) is 8.02. The summed E-state index contributed by atoms with van der Waals surface area (Å²) in [7, 11) is 1.53. The minimum absolute atomic E-state index is 0.0732. The lowest BCUT2D eigenvalue weighted by Gasteiger charge is -2.26. The third-order valence-electron chi connectivity index (χ3n) is 5.29. The van der Waals surface area contributed by atoms with Crippen LogP contribution >= 0.6 is 11.6 Å². The molecule has 3 aromatic carbocycles. The summed E-state index contributed by atoms with van der Waals surface area (Å²) in [4.78, 5) is 20.3. The summed E-state index contributed by atoms with van der Waals surface area (Å²) in [6, 6.07) is 20.4. The monoisotopic (exact) mass is 467 g/mol. The molecule has 0 radical (unpaired) electrons. The molecular formula is C25H23ClFN3O3. The molecular weight excluding hydrogens is 445 g/mol. The lowest BCUT2D eigenvalue weighted by Crippen LogP contribution is -2.40. The second-order valence-electron chi connectivity index (χ2n) is 7.58. The van der Waals surface area contributed by atoms with Crippen LogP contribution in [0.15, 0.2) is 78.0 Å². The van der Waals surface area contributed by atoms with Gasteiger partial charge >= 0.3 is 6.03 Å². The van der Waals surface area contributed by atoms with Crippen molar-refractivity contribution >= 4 is 29.0 Å². The topological polar surface area (TPSA) is 63.2 Å². The van der Waals surface area contributed by atoms with Crippen LogP contribution in [0.3, 0.4) is 0 Å². The van der Waals surface area contributed by atoms with E-state index in [1.807, 2.05) is 18.2 Å². The van der Waals surface area contributed by atoms with E-state index in [0.717, 1.165) is 11.3 Å². The number of halogens is 2. The Labute approximate surface area is 196 Å².